The quantitative estimate of drug-likeness (QED) is 0.637. The number of hydrogen-bond acceptors (Lipinski definition) is 3. The normalized spacial score (nSPS) is 18.0. The second kappa shape index (κ2) is 5.11. The van der Waals surface area contributed by atoms with E-state index in [0.717, 1.165) is 19.3 Å². The standard InChI is InChI=1S/C10H17NO4/c1-7(10(14)15)9(13)11(5-6-12)8-3-2-4-8/h7-8,12H,2-6H2,1H3,(H,14,15). The molecule has 1 atom stereocenters. The number of hydrogen-bond donors (Lipinski definition) is 2. The number of carbonyl (C=O) groups is 2. The number of carboxylic acids is 1. The first-order valence-electron chi connectivity index (χ1n) is 5.22. The zero-order valence-corrected chi connectivity index (χ0v) is 8.85. The Balaban J connectivity index is 2.61. The Kier molecular flexibility index (Phi) is 4.08. The molecule has 5 heteroatoms. The number of rotatable bonds is 5. The van der Waals surface area contributed by atoms with Gasteiger partial charge in [-0.25, -0.2) is 0 Å². The first kappa shape index (κ1) is 12.0. The summed E-state index contributed by atoms with van der Waals surface area (Å²) in [6.07, 6.45) is 2.90. The average molecular weight is 215 g/mol. The van der Waals surface area contributed by atoms with E-state index in [2.05, 4.69) is 0 Å². The minimum atomic E-state index is -1.11. The number of nitrogens with zero attached hydrogens (tertiary/aromatic N) is 1. The van der Waals surface area contributed by atoms with Gasteiger partial charge in [-0.05, 0) is 26.2 Å². The molecule has 86 valence electrons. The second-order valence-electron chi connectivity index (χ2n) is 3.90. The summed E-state index contributed by atoms with van der Waals surface area (Å²) >= 11 is 0. The molecule has 0 spiro atoms. The number of amides is 1. The third-order valence-electron chi connectivity index (χ3n) is 2.88. The van der Waals surface area contributed by atoms with Gasteiger partial charge in [-0.15, -0.1) is 0 Å². The van der Waals surface area contributed by atoms with Crippen LogP contribution in [0.2, 0.25) is 0 Å². The van der Waals surface area contributed by atoms with Crippen LogP contribution in [0.15, 0.2) is 0 Å². The highest BCUT2D eigenvalue weighted by molar-refractivity contribution is 5.96. The molecule has 0 aromatic carbocycles. The van der Waals surface area contributed by atoms with E-state index in [9.17, 15) is 9.59 Å². The largest absolute Gasteiger partial charge is 0.481 e. The van der Waals surface area contributed by atoms with E-state index in [1.807, 2.05) is 0 Å². The summed E-state index contributed by atoms with van der Waals surface area (Å²) in [6, 6.07) is 0.131. The van der Waals surface area contributed by atoms with Gasteiger partial charge < -0.3 is 15.1 Å². The van der Waals surface area contributed by atoms with Crippen LogP contribution in [0, 0.1) is 5.92 Å². The number of carboxylic acid groups (broad SMARTS) is 1. The van der Waals surface area contributed by atoms with Gasteiger partial charge in [0.2, 0.25) is 5.91 Å². The number of aliphatic hydroxyl groups excluding tert-OH is 1. The van der Waals surface area contributed by atoms with Gasteiger partial charge in [0.15, 0.2) is 0 Å². The lowest BCUT2D eigenvalue weighted by Gasteiger charge is -2.38. The van der Waals surface area contributed by atoms with E-state index in [-0.39, 0.29) is 25.1 Å². The van der Waals surface area contributed by atoms with E-state index >= 15 is 0 Å². The van der Waals surface area contributed by atoms with Crippen LogP contribution in [0.3, 0.4) is 0 Å². The summed E-state index contributed by atoms with van der Waals surface area (Å²) in [7, 11) is 0. The van der Waals surface area contributed by atoms with Gasteiger partial charge in [0.1, 0.15) is 5.92 Å². The maximum atomic E-state index is 11.7. The zero-order chi connectivity index (χ0) is 11.4. The summed E-state index contributed by atoms with van der Waals surface area (Å²) < 4.78 is 0. The van der Waals surface area contributed by atoms with Gasteiger partial charge >= 0.3 is 5.97 Å². The molecule has 0 aromatic rings. The molecule has 1 amide bonds. The molecular formula is C10H17NO4. The molecule has 0 heterocycles. The zero-order valence-electron chi connectivity index (χ0n) is 8.85. The van der Waals surface area contributed by atoms with Crippen molar-refractivity contribution in [2.75, 3.05) is 13.2 Å². The molecule has 5 nitrogen and oxygen atoms in total. The molecular weight excluding hydrogens is 198 g/mol. The second-order valence-corrected chi connectivity index (χ2v) is 3.90. The predicted octanol–water partition coefficient (Wildman–Crippen LogP) is 0.0805. The van der Waals surface area contributed by atoms with E-state index in [0.29, 0.717) is 0 Å². The van der Waals surface area contributed by atoms with Crippen LogP contribution in [-0.4, -0.2) is 46.2 Å². The summed E-state index contributed by atoms with van der Waals surface area (Å²) in [4.78, 5) is 23.9. The Morgan fingerprint density at radius 3 is 2.40 bits per heavy atom. The smallest absolute Gasteiger partial charge is 0.315 e. The number of aliphatic hydroxyl groups is 1. The van der Waals surface area contributed by atoms with Crippen molar-refractivity contribution in [1.29, 1.82) is 0 Å². The lowest BCUT2D eigenvalue weighted by Crippen LogP contribution is -2.48. The van der Waals surface area contributed by atoms with Crippen LogP contribution in [0.5, 0.6) is 0 Å². The Hall–Kier alpha value is -1.10. The van der Waals surface area contributed by atoms with Crippen molar-refractivity contribution >= 4 is 11.9 Å². The van der Waals surface area contributed by atoms with Gasteiger partial charge in [0.05, 0.1) is 6.61 Å². The van der Waals surface area contributed by atoms with Gasteiger partial charge in [-0.3, -0.25) is 9.59 Å². The van der Waals surface area contributed by atoms with Crippen LogP contribution in [-0.2, 0) is 9.59 Å². The first-order valence-corrected chi connectivity index (χ1v) is 5.22. The maximum absolute atomic E-state index is 11.7. The average Bonchev–Trinajstić information content (AvgIpc) is 2.12. The van der Waals surface area contributed by atoms with Crippen LogP contribution < -0.4 is 0 Å². The Morgan fingerprint density at radius 2 is 2.07 bits per heavy atom. The van der Waals surface area contributed by atoms with Gasteiger partial charge in [0, 0.05) is 12.6 Å². The third kappa shape index (κ3) is 2.68. The van der Waals surface area contributed by atoms with Crippen molar-refractivity contribution in [2.45, 2.75) is 32.2 Å². The molecule has 1 saturated carbocycles. The van der Waals surface area contributed by atoms with E-state index < -0.39 is 11.9 Å². The van der Waals surface area contributed by atoms with Crippen LogP contribution in [0.25, 0.3) is 0 Å². The fourth-order valence-corrected chi connectivity index (χ4v) is 1.63. The summed E-state index contributed by atoms with van der Waals surface area (Å²) in [5.74, 6) is -2.51. The summed E-state index contributed by atoms with van der Waals surface area (Å²) in [6.45, 7) is 1.50. The van der Waals surface area contributed by atoms with Crippen molar-refractivity contribution in [3.63, 3.8) is 0 Å². The molecule has 0 bridgehead atoms. The molecule has 2 N–H and O–H groups in total. The Morgan fingerprint density at radius 1 is 1.47 bits per heavy atom. The third-order valence-corrected chi connectivity index (χ3v) is 2.88. The molecule has 1 fully saturated rings. The fourth-order valence-electron chi connectivity index (χ4n) is 1.63. The Labute approximate surface area is 88.7 Å². The van der Waals surface area contributed by atoms with E-state index in [1.54, 1.807) is 0 Å². The highest BCUT2D eigenvalue weighted by atomic mass is 16.4. The van der Waals surface area contributed by atoms with Crippen molar-refractivity contribution in [2.24, 2.45) is 5.92 Å². The van der Waals surface area contributed by atoms with Crippen LogP contribution in [0.1, 0.15) is 26.2 Å². The topological polar surface area (TPSA) is 77.8 Å². The maximum Gasteiger partial charge on any atom is 0.315 e. The molecule has 1 aliphatic rings. The molecule has 1 unspecified atom stereocenters. The summed E-state index contributed by atoms with van der Waals surface area (Å²) in [5, 5.41) is 17.6. The molecule has 0 saturated heterocycles. The van der Waals surface area contributed by atoms with Crippen molar-refractivity contribution in [1.82, 2.24) is 4.90 Å². The lowest BCUT2D eigenvalue weighted by molar-refractivity contribution is -0.152. The van der Waals surface area contributed by atoms with Crippen molar-refractivity contribution in [3.05, 3.63) is 0 Å². The molecule has 1 aliphatic carbocycles. The highest BCUT2D eigenvalue weighted by Crippen LogP contribution is 2.25. The van der Waals surface area contributed by atoms with Crippen LogP contribution >= 0.6 is 0 Å². The molecule has 1 rings (SSSR count). The predicted molar refractivity (Wildman–Crippen MR) is 53.2 cm³/mol. The molecule has 15 heavy (non-hydrogen) atoms. The van der Waals surface area contributed by atoms with Crippen LogP contribution in [0.4, 0.5) is 0 Å². The fraction of sp³-hybridized carbons (Fsp3) is 0.800. The summed E-state index contributed by atoms with van der Waals surface area (Å²) in [5.41, 5.74) is 0. The van der Waals surface area contributed by atoms with E-state index in [1.165, 1.54) is 11.8 Å². The van der Waals surface area contributed by atoms with Crippen molar-refractivity contribution < 1.29 is 19.8 Å². The minimum Gasteiger partial charge on any atom is -0.481 e. The van der Waals surface area contributed by atoms with E-state index in [4.69, 9.17) is 10.2 Å². The minimum absolute atomic E-state index is 0.116. The Bertz CT molecular complexity index is 250. The van der Waals surface area contributed by atoms with Gasteiger partial charge in [-0.2, -0.15) is 0 Å². The lowest BCUT2D eigenvalue weighted by atomic mass is 9.90. The van der Waals surface area contributed by atoms with Gasteiger partial charge in [0.25, 0.3) is 0 Å². The number of aliphatic carboxylic acids is 1. The molecule has 0 aliphatic heterocycles. The molecule has 0 radical (unpaired) electrons. The highest BCUT2D eigenvalue weighted by Gasteiger charge is 2.33. The molecule has 0 aromatic heterocycles. The van der Waals surface area contributed by atoms with Crippen molar-refractivity contribution in [3.8, 4) is 0 Å². The monoisotopic (exact) mass is 215 g/mol. The van der Waals surface area contributed by atoms with Gasteiger partial charge in [-0.1, -0.05) is 0 Å². The SMILES string of the molecule is CC(C(=O)O)C(=O)N(CCO)C1CCC1. The first-order chi connectivity index (χ1) is 7.07. The number of carbonyl (C=O) groups excluding carboxylic acids is 1.